The number of esters is 2. The Labute approximate surface area is 208 Å². The molecule has 2 aromatic carbocycles. The number of hydrogen-bond donors (Lipinski definition) is 1. The van der Waals surface area contributed by atoms with Gasteiger partial charge in [-0.05, 0) is 73.7 Å². The predicted molar refractivity (Wildman–Crippen MR) is 136 cm³/mol. The van der Waals surface area contributed by atoms with Crippen LogP contribution in [0, 0.1) is 6.92 Å². The van der Waals surface area contributed by atoms with Crippen molar-refractivity contribution in [1.29, 1.82) is 0 Å². The van der Waals surface area contributed by atoms with Crippen LogP contribution < -0.4 is 9.47 Å². The molecule has 0 radical (unpaired) electrons. The maximum absolute atomic E-state index is 12.7. The fourth-order valence-electron chi connectivity index (χ4n) is 3.95. The van der Waals surface area contributed by atoms with Crippen LogP contribution in [0.15, 0.2) is 36.4 Å². The summed E-state index contributed by atoms with van der Waals surface area (Å²) in [5.41, 5.74) is 1.89. The van der Waals surface area contributed by atoms with Gasteiger partial charge in [0, 0.05) is 6.42 Å². The highest BCUT2D eigenvalue weighted by Gasteiger charge is 2.18. The molecular weight excluding hydrogens is 444 g/mol. The third-order valence-corrected chi connectivity index (χ3v) is 6.07. The number of benzene rings is 2. The van der Waals surface area contributed by atoms with Crippen molar-refractivity contribution in [3.63, 3.8) is 0 Å². The van der Waals surface area contributed by atoms with Gasteiger partial charge in [0.1, 0.15) is 11.5 Å². The minimum absolute atomic E-state index is 0.235. The molecule has 35 heavy (non-hydrogen) atoms. The lowest BCUT2D eigenvalue weighted by Gasteiger charge is -2.14. The van der Waals surface area contributed by atoms with Crippen molar-refractivity contribution >= 4 is 17.9 Å². The molecule has 0 fully saturated rings. The average Bonchev–Trinajstić information content (AvgIpc) is 2.84. The summed E-state index contributed by atoms with van der Waals surface area (Å²) in [5, 5.41) is 9.49. The molecule has 0 heterocycles. The largest absolute Gasteiger partial charge is 0.478 e. The van der Waals surface area contributed by atoms with Gasteiger partial charge < -0.3 is 14.6 Å². The molecule has 0 saturated carbocycles. The van der Waals surface area contributed by atoms with Crippen LogP contribution in [0.25, 0.3) is 0 Å². The van der Waals surface area contributed by atoms with Gasteiger partial charge in [-0.3, -0.25) is 4.79 Å². The zero-order valence-electron chi connectivity index (χ0n) is 21.2. The van der Waals surface area contributed by atoms with Crippen molar-refractivity contribution in [3.05, 3.63) is 58.7 Å². The molecular formula is C29H38O6. The molecule has 0 aromatic heterocycles. The zero-order valence-corrected chi connectivity index (χ0v) is 21.2. The summed E-state index contributed by atoms with van der Waals surface area (Å²) >= 11 is 0. The van der Waals surface area contributed by atoms with Crippen LogP contribution >= 0.6 is 0 Å². The van der Waals surface area contributed by atoms with Crippen molar-refractivity contribution in [1.82, 2.24) is 0 Å². The second-order valence-corrected chi connectivity index (χ2v) is 8.88. The summed E-state index contributed by atoms with van der Waals surface area (Å²) in [6.07, 6.45) is 10.7. The molecule has 2 rings (SSSR count). The summed E-state index contributed by atoms with van der Waals surface area (Å²) in [6, 6.07) is 9.26. The predicted octanol–water partition coefficient (Wildman–Crippen LogP) is 7.30. The molecule has 0 saturated heterocycles. The van der Waals surface area contributed by atoms with Gasteiger partial charge in [0.15, 0.2) is 0 Å². The van der Waals surface area contributed by atoms with Gasteiger partial charge in [0.05, 0.1) is 11.1 Å². The van der Waals surface area contributed by atoms with E-state index >= 15 is 0 Å². The second-order valence-electron chi connectivity index (χ2n) is 8.88. The summed E-state index contributed by atoms with van der Waals surface area (Å²) in [4.78, 5) is 36.3. The maximum atomic E-state index is 12.7. The van der Waals surface area contributed by atoms with E-state index in [0.717, 1.165) is 32.1 Å². The third kappa shape index (κ3) is 9.19. The first-order valence-corrected chi connectivity index (χ1v) is 12.8. The standard InChI is InChI=1S/C29H38O6/c1-4-6-8-9-10-11-12-14-27(30)34-23-17-15-22(16-18-23)29(33)35-26-20-19-25(28(31)32)24(21(26)3)13-7-5-2/h15-20H,4-14H2,1-3H3,(H,31,32). The topological polar surface area (TPSA) is 89.9 Å². The van der Waals surface area contributed by atoms with Gasteiger partial charge in [0.2, 0.25) is 0 Å². The molecule has 0 aliphatic rings. The van der Waals surface area contributed by atoms with Crippen LogP contribution in [0.3, 0.4) is 0 Å². The van der Waals surface area contributed by atoms with Crippen LogP contribution in [-0.2, 0) is 11.2 Å². The molecule has 0 spiro atoms. The average molecular weight is 483 g/mol. The Hall–Kier alpha value is -3.15. The fraction of sp³-hybridized carbons (Fsp3) is 0.483. The van der Waals surface area contributed by atoms with E-state index in [1.54, 1.807) is 31.2 Å². The highest BCUT2D eigenvalue weighted by molar-refractivity contribution is 5.93. The van der Waals surface area contributed by atoms with Gasteiger partial charge in [-0.15, -0.1) is 0 Å². The van der Waals surface area contributed by atoms with Crippen LogP contribution in [-0.4, -0.2) is 23.0 Å². The minimum atomic E-state index is -0.991. The van der Waals surface area contributed by atoms with Gasteiger partial charge in [-0.1, -0.05) is 58.8 Å². The summed E-state index contributed by atoms with van der Waals surface area (Å²) < 4.78 is 10.9. The first-order valence-electron chi connectivity index (χ1n) is 12.8. The van der Waals surface area contributed by atoms with E-state index < -0.39 is 11.9 Å². The maximum Gasteiger partial charge on any atom is 0.343 e. The van der Waals surface area contributed by atoms with E-state index in [4.69, 9.17) is 9.47 Å². The van der Waals surface area contributed by atoms with Crippen molar-refractivity contribution in [2.75, 3.05) is 0 Å². The first-order chi connectivity index (χ1) is 16.9. The molecule has 0 unspecified atom stereocenters. The van der Waals surface area contributed by atoms with Gasteiger partial charge in [-0.25, -0.2) is 9.59 Å². The van der Waals surface area contributed by atoms with E-state index in [9.17, 15) is 19.5 Å². The number of ether oxygens (including phenoxy) is 2. The van der Waals surface area contributed by atoms with E-state index in [1.165, 1.54) is 37.8 Å². The highest BCUT2D eigenvalue weighted by atomic mass is 16.5. The Balaban J connectivity index is 1.91. The Morgan fingerprint density at radius 3 is 2.03 bits per heavy atom. The number of carboxylic acid groups (broad SMARTS) is 1. The van der Waals surface area contributed by atoms with Crippen LogP contribution in [0.4, 0.5) is 0 Å². The molecule has 0 aliphatic carbocycles. The highest BCUT2D eigenvalue weighted by Crippen LogP contribution is 2.28. The Morgan fingerprint density at radius 2 is 1.40 bits per heavy atom. The quantitative estimate of drug-likeness (QED) is 0.163. The summed E-state index contributed by atoms with van der Waals surface area (Å²) in [5.74, 6) is -1.09. The first kappa shape index (κ1) is 28.1. The second kappa shape index (κ2) is 15.0. The van der Waals surface area contributed by atoms with Gasteiger partial charge >= 0.3 is 17.9 Å². The SMILES string of the molecule is CCCCCCCCCC(=O)Oc1ccc(C(=O)Oc2ccc(C(=O)O)c(CCCC)c2C)cc1. The number of hydrogen-bond acceptors (Lipinski definition) is 5. The lowest BCUT2D eigenvalue weighted by Crippen LogP contribution is -2.12. The Kier molecular flexibility index (Phi) is 12.0. The van der Waals surface area contributed by atoms with Gasteiger partial charge in [-0.2, -0.15) is 0 Å². The Bertz CT molecular complexity index is 977. The molecule has 0 atom stereocenters. The minimum Gasteiger partial charge on any atom is -0.478 e. The fourth-order valence-corrected chi connectivity index (χ4v) is 3.95. The molecule has 1 N–H and O–H groups in total. The lowest BCUT2D eigenvalue weighted by atomic mass is 9.96. The van der Waals surface area contributed by atoms with E-state index in [1.807, 2.05) is 6.92 Å². The molecule has 2 aromatic rings. The number of carboxylic acids is 1. The molecule has 190 valence electrons. The van der Waals surface area contributed by atoms with Crippen molar-refractivity contribution in [2.24, 2.45) is 0 Å². The van der Waals surface area contributed by atoms with Crippen molar-refractivity contribution < 1.29 is 29.0 Å². The monoisotopic (exact) mass is 482 g/mol. The lowest BCUT2D eigenvalue weighted by molar-refractivity contribution is -0.134. The summed E-state index contributed by atoms with van der Waals surface area (Å²) in [6.45, 7) is 6.00. The zero-order chi connectivity index (χ0) is 25.6. The number of rotatable bonds is 15. The molecule has 0 amide bonds. The van der Waals surface area contributed by atoms with E-state index in [-0.39, 0.29) is 11.5 Å². The Morgan fingerprint density at radius 1 is 0.771 bits per heavy atom. The van der Waals surface area contributed by atoms with Crippen molar-refractivity contribution in [2.45, 2.75) is 91.4 Å². The molecule has 6 nitrogen and oxygen atoms in total. The van der Waals surface area contributed by atoms with E-state index in [0.29, 0.717) is 41.0 Å². The van der Waals surface area contributed by atoms with Crippen LogP contribution in [0.2, 0.25) is 0 Å². The third-order valence-electron chi connectivity index (χ3n) is 6.07. The normalized spacial score (nSPS) is 10.7. The molecule has 0 aliphatic heterocycles. The number of unbranched alkanes of at least 4 members (excludes halogenated alkanes) is 7. The van der Waals surface area contributed by atoms with Crippen LogP contribution in [0.1, 0.15) is 110 Å². The number of aromatic carboxylic acids is 1. The molecule has 0 bridgehead atoms. The number of carbonyl (C=O) groups is 3. The smallest absolute Gasteiger partial charge is 0.343 e. The van der Waals surface area contributed by atoms with Gasteiger partial charge in [0.25, 0.3) is 0 Å². The number of carbonyl (C=O) groups excluding carboxylic acids is 2. The summed E-state index contributed by atoms with van der Waals surface area (Å²) in [7, 11) is 0. The molecule has 6 heteroatoms. The van der Waals surface area contributed by atoms with Crippen LogP contribution in [0.5, 0.6) is 11.5 Å². The van der Waals surface area contributed by atoms with Crippen molar-refractivity contribution in [3.8, 4) is 11.5 Å². The van der Waals surface area contributed by atoms with E-state index in [2.05, 4.69) is 6.92 Å².